The van der Waals surface area contributed by atoms with E-state index in [4.69, 9.17) is 0 Å². The van der Waals surface area contributed by atoms with Gasteiger partial charge in [0.05, 0.1) is 6.54 Å². The van der Waals surface area contributed by atoms with Gasteiger partial charge in [-0.1, -0.05) is 24.3 Å². The summed E-state index contributed by atoms with van der Waals surface area (Å²) in [7, 11) is 0. The maximum absolute atomic E-state index is 13.5. The van der Waals surface area contributed by atoms with Crippen molar-refractivity contribution in [2.75, 3.05) is 31.5 Å². The molecular weight excluding hydrogens is 381 g/mol. The number of rotatable bonds is 4. The molecular formula is C24H28FN3O2. The van der Waals surface area contributed by atoms with Gasteiger partial charge in [-0.15, -0.1) is 0 Å². The van der Waals surface area contributed by atoms with Gasteiger partial charge >= 0.3 is 0 Å². The number of hydrogen-bond acceptors (Lipinski definition) is 3. The molecule has 30 heavy (non-hydrogen) atoms. The minimum absolute atomic E-state index is 0.0901. The van der Waals surface area contributed by atoms with Crippen LogP contribution in [0.4, 0.5) is 10.1 Å². The van der Waals surface area contributed by atoms with Crippen molar-refractivity contribution in [3.63, 3.8) is 0 Å². The number of amides is 2. The fourth-order valence-electron chi connectivity index (χ4n) is 4.47. The summed E-state index contributed by atoms with van der Waals surface area (Å²) in [5.74, 6) is -0.406. The third-order valence-electron chi connectivity index (χ3n) is 6.07. The molecule has 0 aromatic heterocycles. The van der Waals surface area contributed by atoms with Crippen LogP contribution in [0.25, 0.3) is 0 Å². The molecule has 1 unspecified atom stereocenters. The van der Waals surface area contributed by atoms with Crippen molar-refractivity contribution in [1.82, 2.24) is 9.80 Å². The Morgan fingerprint density at radius 1 is 1.07 bits per heavy atom. The number of nitrogens with one attached hydrogen (secondary N) is 1. The quantitative estimate of drug-likeness (QED) is 0.838. The van der Waals surface area contributed by atoms with Gasteiger partial charge in [0.25, 0.3) is 0 Å². The number of aryl methyl sites for hydroxylation is 1. The Morgan fingerprint density at radius 2 is 1.83 bits per heavy atom. The standard InChI is InChI=1S/C24H28FN3O2/c1-17-15-19(9-10-21(17)25)26-22(29)16-28-14-11-18-7-3-4-8-20(18)23(28)24(30)27-12-5-2-6-13-27/h3-4,7-10,15,23H,2,5-6,11-14,16H2,1H3,(H,26,29). The molecule has 0 saturated carbocycles. The van der Waals surface area contributed by atoms with Crippen LogP contribution in [0.2, 0.25) is 0 Å². The molecule has 1 fully saturated rings. The summed E-state index contributed by atoms with van der Waals surface area (Å²) in [6, 6.07) is 12.1. The van der Waals surface area contributed by atoms with E-state index in [1.54, 1.807) is 19.1 Å². The molecule has 2 amide bonds. The van der Waals surface area contributed by atoms with Crippen LogP contribution in [-0.4, -0.2) is 47.8 Å². The fourth-order valence-corrected chi connectivity index (χ4v) is 4.47. The van der Waals surface area contributed by atoms with E-state index in [1.807, 2.05) is 28.0 Å². The lowest BCUT2D eigenvalue weighted by molar-refractivity contribution is -0.139. The Hall–Kier alpha value is -2.73. The predicted octanol–water partition coefficient (Wildman–Crippen LogP) is 3.68. The smallest absolute Gasteiger partial charge is 0.244 e. The topological polar surface area (TPSA) is 52.7 Å². The normalized spacial score (nSPS) is 19.3. The van der Waals surface area contributed by atoms with Crippen molar-refractivity contribution < 1.29 is 14.0 Å². The van der Waals surface area contributed by atoms with Gasteiger partial charge in [0.2, 0.25) is 11.8 Å². The third kappa shape index (κ3) is 4.38. The van der Waals surface area contributed by atoms with Gasteiger partial charge in [0.15, 0.2) is 0 Å². The van der Waals surface area contributed by atoms with E-state index in [0.29, 0.717) is 17.8 Å². The molecule has 2 aliphatic rings. The van der Waals surface area contributed by atoms with Crippen LogP contribution >= 0.6 is 0 Å². The zero-order chi connectivity index (χ0) is 21.1. The van der Waals surface area contributed by atoms with Crippen molar-refractivity contribution in [3.05, 3.63) is 65.0 Å². The summed E-state index contributed by atoms with van der Waals surface area (Å²) in [6.07, 6.45) is 4.03. The number of nitrogens with zero attached hydrogens (tertiary/aromatic N) is 2. The molecule has 0 aliphatic carbocycles. The first kappa shape index (κ1) is 20.5. The molecule has 2 heterocycles. The molecule has 1 saturated heterocycles. The van der Waals surface area contributed by atoms with Gasteiger partial charge in [0, 0.05) is 25.3 Å². The molecule has 4 rings (SSSR count). The molecule has 6 heteroatoms. The number of benzene rings is 2. The maximum Gasteiger partial charge on any atom is 0.244 e. The summed E-state index contributed by atoms with van der Waals surface area (Å²) >= 11 is 0. The summed E-state index contributed by atoms with van der Waals surface area (Å²) in [5, 5.41) is 2.85. The van der Waals surface area contributed by atoms with E-state index >= 15 is 0 Å². The van der Waals surface area contributed by atoms with Gasteiger partial charge in [-0.25, -0.2) is 4.39 Å². The van der Waals surface area contributed by atoms with E-state index in [0.717, 1.165) is 44.3 Å². The monoisotopic (exact) mass is 409 g/mol. The summed E-state index contributed by atoms with van der Waals surface area (Å²) in [5.41, 5.74) is 3.23. The number of carbonyl (C=O) groups is 2. The summed E-state index contributed by atoms with van der Waals surface area (Å²) in [6.45, 7) is 4.00. The molecule has 0 bridgehead atoms. The second-order valence-electron chi connectivity index (χ2n) is 8.22. The van der Waals surface area contributed by atoms with Crippen LogP contribution in [0.1, 0.15) is 42.0 Å². The number of carbonyl (C=O) groups excluding carboxylic acids is 2. The lowest BCUT2D eigenvalue weighted by Crippen LogP contribution is -2.49. The third-order valence-corrected chi connectivity index (χ3v) is 6.07. The van der Waals surface area contributed by atoms with Crippen molar-refractivity contribution in [1.29, 1.82) is 0 Å². The van der Waals surface area contributed by atoms with Gasteiger partial charge < -0.3 is 10.2 Å². The highest BCUT2D eigenvalue weighted by Gasteiger charge is 2.36. The van der Waals surface area contributed by atoms with Crippen molar-refractivity contribution >= 4 is 17.5 Å². The zero-order valence-electron chi connectivity index (χ0n) is 17.4. The van der Waals surface area contributed by atoms with Crippen LogP contribution in [0.3, 0.4) is 0 Å². The summed E-state index contributed by atoms with van der Waals surface area (Å²) in [4.78, 5) is 30.1. The van der Waals surface area contributed by atoms with Crippen LogP contribution in [-0.2, 0) is 16.0 Å². The van der Waals surface area contributed by atoms with Crippen molar-refractivity contribution in [2.24, 2.45) is 0 Å². The van der Waals surface area contributed by atoms with Crippen LogP contribution < -0.4 is 5.32 Å². The average Bonchev–Trinajstić information content (AvgIpc) is 2.76. The molecule has 5 nitrogen and oxygen atoms in total. The van der Waals surface area contributed by atoms with E-state index in [1.165, 1.54) is 11.6 Å². The second-order valence-corrected chi connectivity index (χ2v) is 8.22. The first-order chi connectivity index (χ1) is 14.5. The van der Waals surface area contributed by atoms with Crippen LogP contribution in [0.5, 0.6) is 0 Å². The van der Waals surface area contributed by atoms with E-state index in [2.05, 4.69) is 11.4 Å². The van der Waals surface area contributed by atoms with E-state index in [9.17, 15) is 14.0 Å². The average molecular weight is 410 g/mol. The second kappa shape index (κ2) is 8.96. The number of hydrogen-bond donors (Lipinski definition) is 1. The Kier molecular flexibility index (Phi) is 6.13. The minimum Gasteiger partial charge on any atom is -0.341 e. The van der Waals surface area contributed by atoms with Crippen LogP contribution in [0, 0.1) is 12.7 Å². The maximum atomic E-state index is 13.5. The Bertz CT molecular complexity index is 940. The Balaban J connectivity index is 1.53. The highest BCUT2D eigenvalue weighted by molar-refractivity contribution is 5.93. The Morgan fingerprint density at radius 3 is 2.60 bits per heavy atom. The van der Waals surface area contributed by atoms with Gasteiger partial charge in [0.1, 0.15) is 11.9 Å². The summed E-state index contributed by atoms with van der Waals surface area (Å²) < 4.78 is 13.5. The number of anilines is 1. The SMILES string of the molecule is Cc1cc(NC(=O)CN2CCc3ccccc3C2C(=O)N2CCCCC2)ccc1F. The molecule has 1 atom stereocenters. The predicted molar refractivity (Wildman–Crippen MR) is 115 cm³/mol. The molecule has 2 aliphatic heterocycles. The molecule has 0 spiro atoms. The van der Waals surface area contributed by atoms with Gasteiger partial charge in [-0.3, -0.25) is 14.5 Å². The van der Waals surface area contributed by atoms with Crippen LogP contribution in [0.15, 0.2) is 42.5 Å². The Labute approximate surface area is 176 Å². The number of fused-ring (bicyclic) bond motifs is 1. The van der Waals surface area contributed by atoms with Gasteiger partial charge in [-0.05, 0) is 67.5 Å². The van der Waals surface area contributed by atoms with Crippen molar-refractivity contribution in [3.8, 4) is 0 Å². The molecule has 2 aromatic carbocycles. The first-order valence-electron chi connectivity index (χ1n) is 10.7. The molecule has 2 aromatic rings. The molecule has 0 radical (unpaired) electrons. The van der Waals surface area contributed by atoms with E-state index in [-0.39, 0.29) is 24.2 Å². The van der Waals surface area contributed by atoms with E-state index < -0.39 is 6.04 Å². The number of piperidine rings is 1. The number of likely N-dealkylation sites (tertiary alicyclic amines) is 1. The lowest BCUT2D eigenvalue weighted by atomic mass is 9.91. The highest BCUT2D eigenvalue weighted by atomic mass is 19.1. The number of halogens is 1. The minimum atomic E-state index is -0.436. The van der Waals surface area contributed by atoms with Crippen molar-refractivity contribution in [2.45, 2.75) is 38.6 Å². The first-order valence-corrected chi connectivity index (χ1v) is 10.7. The zero-order valence-corrected chi connectivity index (χ0v) is 17.4. The molecule has 1 N–H and O–H groups in total. The van der Waals surface area contributed by atoms with Gasteiger partial charge in [-0.2, -0.15) is 0 Å². The molecule has 158 valence electrons. The largest absolute Gasteiger partial charge is 0.341 e. The lowest BCUT2D eigenvalue weighted by Gasteiger charge is -2.39. The fraction of sp³-hybridized carbons (Fsp3) is 0.417. The highest BCUT2D eigenvalue weighted by Crippen LogP contribution is 2.32.